The molecule has 1 aromatic heterocycles. The number of nitrogens with two attached hydrogens (primary N) is 1. The van der Waals surface area contributed by atoms with Crippen molar-refractivity contribution < 1.29 is 4.92 Å². The average molecular weight is 254 g/mol. The van der Waals surface area contributed by atoms with Gasteiger partial charge in [0, 0.05) is 23.4 Å². The fourth-order valence-corrected chi connectivity index (χ4v) is 1.83. The molecule has 0 saturated carbocycles. The molecule has 0 aliphatic carbocycles. The summed E-state index contributed by atoms with van der Waals surface area (Å²) in [5, 5.41) is 19.9. The minimum Gasteiger partial charge on any atom is -0.383 e. The summed E-state index contributed by atoms with van der Waals surface area (Å²) in [6.07, 6.45) is 0. The molecule has 0 bridgehead atoms. The second kappa shape index (κ2) is 4.74. The monoisotopic (exact) mass is 254 g/mol. The quantitative estimate of drug-likeness (QED) is 0.654. The molecule has 1 heterocycles. The third kappa shape index (κ3) is 2.35. The van der Waals surface area contributed by atoms with Gasteiger partial charge in [0.1, 0.15) is 17.5 Å². The number of nitro groups is 1. The van der Waals surface area contributed by atoms with Crippen molar-refractivity contribution in [1.29, 1.82) is 5.26 Å². The number of hydrogen-bond acceptors (Lipinski definition) is 5. The van der Waals surface area contributed by atoms with Crippen LogP contribution in [0.15, 0.2) is 30.3 Å². The van der Waals surface area contributed by atoms with E-state index in [2.05, 4.69) is 4.98 Å². The molecule has 2 aromatic rings. The molecule has 0 radical (unpaired) electrons. The molecular weight excluding hydrogens is 244 g/mol. The standard InChI is InChI=1S/C13H10N4O2/c1-8-5-11(12(7-14)13(15)16-8)9-3-2-4-10(6-9)17(18)19/h2-6H,1H3,(H2,15,16). The number of aromatic nitrogens is 1. The van der Waals surface area contributed by atoms with Crippen LogP contribution in [-0.2, 0) is 0 Å². The van der Waals surface area contributed by atoms with E-state index in [1.165, 1.54) is 12.1 Å². The Labute approximate surface area is 109 Å². The number of nitrogens with zero attached hydrogens (tertiary/aromatic N) is 3. The third-order valence-electron chi connectivity index (χ3n) is 2.66. The lowest BCUT2D eigenvalue weighted by molar-refractivity contribution is -0.384. The summed E-state index contributed by atoms with van der Waals surface area (Å²) in [5.74, 6) is 0.129. The van der Waals surface area contributed by atoms with E-state index in [9.17, 15) is 10.1 Å². The number of nitro benzene ring substituents is 1. The molecule has 0 unspecified atom stereocenters. The fraction of sp³-hybridized carbons (Fsp3) is 0.0769. The normalized spacial score (nSPS) is 9.89. The first-order chi connectivity index (χ1) is 9.02. The van der Waals surface area contributed by atoms with E-state index >= 15 is 0 Å². The van der Waals surface area contributed by atoms with Gasteiger partial charge in [0.2, 0.25) is 0 Å². The molecular formula is C13H10N4O2. The van der Waals surface area contributed by atoms with E-state index in [-0.39, 0.29) is 17.1 Å². The van der Waals surface area contributed by atoms with Gasteiger partial charge in [-0.25, -0.2) is 4.98 Å². The lowest BCUT2D eigenvalue weighted by atomic mass is 10.00. The Bertz CT molecular complexity index is 704. The molecule has 19 heavy (non-hydrogen) atoms. The van der Waals surface area contributed by atoms with Crippen LogP contribution < -0.4 is 5.73 Å². The van der Waals surface area contributed by atoms with Gasteiger partial charge in [0.05, 0.1) is 4.92 Å². The number of hydrogen-bond donors (Lipinski definition) is 1. The van der Waals surface area contributed by atoms with Crippen molar-refractivity contribution >= 4 is 11.5 Å². The number of nitriles is 1. The molecule has 6 nitrogen and oxygen atoms in total. The van der Waals surface area contributed by atoms with E-state index in [0.717, 1.165) is 0 Å². The Kier molecular flexibility index (Phi) is 3.12. The summed E-state index contributed by atoms with van der Waals surface area (Å²) < 4.78 is 0. The molecule has 0 fully saturated rings. The van der Waals surface area contributed by atoms with Gasteiger partial charge in [0.15, 0.2) is 0 Å². The summed E-state index contributed by atoms with van der Waals surface area (Å²) in [7, 11) is 0. The number of rotatable bonds is 2. The predicted molar refractivity (Wildman–Crippen MR) is 70.2 cm³/mol. The van der Waals surface area contributed by atoms with Crippen molar-refractivity contribution in [3.8, 4) is 17.2 Å². The number of benzene rings is 1. The smallest absolute Gasteiger partial charge is 0.270 e. The maximum absolute atomic E-state index is 10.8. The molecule has 0 amide bonds. The van der Waals surface area contributed by atoms with Crippen molar-refractivity contribution in [1.82, 2.24) is 4.98 Å². The topological polar surface area (TPSA) is 106 Å². The first-order valence-corrected chi connectivity index (χ1v) is 5.45. The SMILES string of the molecule is Cc1cc(-c2cccc([N+](=O)[O-])c2)c(C#N)c(N)n1. The van der Waals surface area contributed by atoms with Gasteiger partial charge >= 0.3 is 0 Å². The molecule has 0 atom stereocenters. The lowest BCUT2D eigenvalue weighted by Gasteiger charge is -2.07. The zero-order chi connectivity index (χ0) is 14.0. The Hall–Kier alpha value is -2.94. The third-order valence-corrected chi connectivity index (χ3v) is 2.66. The molecule has 2 N–H and O–H groups in total. The largest absolute Gasteiger partial charge is 0.383 e. The summed E-state index contributed by atoms with van der Waals surface area (Å²) in [6.45, 7) is 1.75. The molecule has 1 aromatic carbocycles. The van der Waals surface area contributed by atoms with Gasteiger partial charge in [-0.05, 0) is 18.6 Å². The number of aryl methyl sites for hydroxylation is 1. The van der Waals surface area contributed by atoms with Gasteiger partial charge < -0.3 is 5.73 Å². The predicted octanol–water partition coefficient (Wildman–Crippen LogP) is 2.42. The minimum atomic E-state index is -0.479. The van der Waals surface area contributed by atoms with Crippen LogP contribution in [0.25, 0.3) is 11.1 Å². The molecule has 0 spiro atoms. The molecule has 2 rings (SSSR count). The molecule has 0 aliphatic heterocycles. The second-order valence-electron chi connectivity index (χ2n) is 3.99. The Balaban J connectivity index is 2.68. The van der Waals surface area contributed by atoms with Crippen molar-refractivity contribution in [2.75, 3.05) is 5.73 Å². The van der Waals surface area contributed by atoms with Gasteiger partial charge in [-0.15, -0.1) is 0 Å². The van der Waals surface area contributed by atoms with Crippen molar-refractivity contribution in [3.63, 3.8) is 0 Å². The first kappa shape index (κ1) is 12.5. The number of anilines is 1. The van der Waals surface area contributed by atoms with Crippen molar-refractivity contribution in [2.45, 2.75) is 6.92 Å². The van der Waals surface area contributed by atoms with Gasteiger partial charge in [-0.3, -0.25) is 10.1 Å². The number of nitrogen functional groups attached to an aromatic ring is 1. The van der Waals surface area contributed by atoms with Crippen molar-refractivity contribution in [2.24, 2.45) is 0 Å². The van der Waals surface area contributed by atoms with E-state index in [1.54, 1.807) is 25.1 Å². The highest BCUT2D eigenvalue weighted by Gasteiger charge is 2.13. The number of pyridine rings is 1. The summed E-state index contributed by atoms with van der Waals surface area (Å²) in [6, 6.07) is 9.74. The van der Waals surface area contributed by atoms with Crippen LogP contribution in [0.1, 0.15) is 11.3 Å². The second-order valence-corrected chi connectivity index (χ2v) is 3.99. The number of non-ortho nitro benzene ring substituents is 1. The average Bonchev–Trinajstić information content (AvgIpc) is 2.38. The zero-order valence-corrected chi connectivity index (χ0v) is 10.1. The van der Waals surface area contributed by atoms with Gasteiger partial charge in [-0.2, -0.15) is 5.26 Å². The fourth-order valence-electron chi connectivity index (χ4n) is 1.83. The van der Waals surface area contributed by atoms with Crippen LogP contribution in [0.5, 0.6) is 0 Å². The zero-order valence-electron chi connectivity index (χ0n) is 10.1. The van der Waals surface area contributed by atoms with Crippen LogP contribution in [-0.4, -0.2) is 9.91 Å². The van der Waals surface area contributed by atoms with E-state index in [0.29, 0.717) is 16.8 Å². The summed E-state index contributed by atoms with van der Waals surface area (Å²) >= 11 is 0. The van der Waals surface area contributed by atoms with Crippen LogP contribution in [0.3, 0.4) is 0 Å². The maximum Gasteiger partial charge on any atom is 0.270 e. The van der Waals surface area contributed by atoms with Crippen LogP contribution in [0.4, 0.5) is 11.5 Å². The first-order valence-electron chi connectivity index (χ1n) is 5.45. The van der Waals surface area contributed by atoms with Crippen LogP contribution in [0, 0.1) is 28.4 Å². The van der Waals surface area contributed by atoms with Gasteiger partial charge in [-0.1, -0.05) is 12.1 Å². The Morgan fingerprint density at radius 1 is 1.42 bits per heavy atom. The Morgan fingerprint density at radius 2 is 2.16 bits per heavy atom. The van der Waals surface area contributed by atoms with Gasteiger partial charge in [0.25, 0.3) is 5.69 Å². The highest BCUT2D eigenvalue weighted by atomic mass is 16.6. The molecule has 6 heteroatoms. The summed E-state index contributed by atoms with van der Waals surface area (Å²) in [5.41, 5.74) is 7.67. The minimum absolute atomic E-state index is 0.0329. The van der Waals surface area contributed by atoms with E-state index < -0.39 is 4.92 Å². The summed E-state index contributed by atoms with van der Waals surface area (Å²) in [4.78, 5) is 14.3. The highest BCUT2D eigenvalue weighted by molar-refractivity contribution is 5.76. The Morgan fingerprint density at radius 3 is 2.79 bits per heavy atom. The molecule has 0 saturated heterocycles. The van der Waals surface area contributed by atoms with Crippen LogP contribution >= 0.6 is 0 Å². The highest BCUT2D eigenvalue weighted by Crippen LogP contribution is 2.29. The molecule has 0 aliphatic rings. The van der Waals surface area contributed by atoms with Crippen molar-refractivity contribution in [3.05, 3.63) is 51.7 Å². The van der Waals surface area contributed by atoms with E-state index in [1.807, 2.05) is 6.07 Å². The van der Waals surface area contributed by atoms with Crippen LogP contribution in [0.2, 0.25) is 0 Å². The molecule has 94 valence electrons. The maximum atomic E-state index is 10.8. The van der Waals surface area contributed by atoms with E-state index in [4.69, 9.17) is 11.0 Å². The lowest BCUT2D eigenvalue weighted by Crippen LogP contribution is -1.99.